The molecule has 0 saturated carbocycles. The van der Waals surface area contributed by atoms with E-state index in [4.69, 9.17) is 22.1 Å². The molecule has 1 aliphatic rings. The van der Waals surface area contributed by atoms with Gasteiger partial charge in [0.1, 0.15) is 5.75 Å². The van der Waals surface area contributed by atoms with Gasteiger partial charge < -0.3 is 20.5 Å². The number of aliphatic carboxylic acids is 1. The molecule has 27 heavy (non-hydrogen) atoms. The minimum atomic E-state index is -1.10. The Hall–Kier alpha value is -3.25. The molecule has 1 amide bonds. The number of carboxylic acid groups (broad SMARTS) is 1. The van der Waals surface area contributed by atoms with Gasteiger partial charge in [-0.15, -0.1) is 0 Å². The van der Waals surface area contributed by atoms with Gasteiger partial charge >= 0.3 is 5.97 Å². The Morgan fingerprint density at radius 1 is 1.19 bits per heavy atom. The number of halogens is 1. The second-order valence-corrected chi connectivity index (χ2v) is 6.30. The lowest BCUT2D eigenvalue weighted by atomic mass is 10.1. The lowest BCUT2D eigenvalue weighted by molar-refractivity contribution is -0.134. The number of ether oxygens (including phenoxy) is 1. The predicted molar refractivity (Wildman–Crippen MR) is 101 cm³/mol. The summed E-state index contributed by atoms with van der Waals surface area (Å²) in [7, 11) is 0. The van der Waals surface area contributed by atoms with E-state index >= 15 is 0 Å². The van der Waals surface area contributed by atoms with Gasteiger partial charge in [-0.3, -0.25) is 4.79 Å². The summed E-state index contributed by atoms with van der Waals surface area (Å²) in [5.41, 5.74) is 6.47. The smallest absolute Gasteiger partial charge is 0.337 e. The molecule has 0 bridgehead atoms. The van der Waals surface area contributed by atoms with Gasteiger partial charge in [0.15, 0.2) is 0 Å². The number of allylic oxidation sites excluding steroid dienone is 2. The molecule has 1 heterocycles. The van der Waals surface area contributed by atoms with Crippen LogP contribution in [0, 0.1) is 0 Å². The van der Waals surface area contributed by atoms with Crippen molar-refractivity contribution < 1.29 is 19.4 Å². The molecule has 3 N–H and O–H groups in total. The summed E-state index contributed by atoms with van der Waals surface area (Å²) in [6.07, 6.45) is 3.96. The molecule has 138 valence electrons. The van der Waals surface area contributed by atoms with Gasteiger partial charge in [0.25, 0.3) is 0 Å². The first-order chi connectivity index (χ1) is 13.0. The first-order valence-electron chi connectivity index (χ1n) is 8.13. The molecule has 6 nitrogen and oxygen atoms in total. The number of hydrogen-bond donors (Lipinski definition) is 2. The van der Waals surface area contributed by atoms with Crippen LogP contribution in [0.2, 0.25) is 5.02 Å². The zero-order valence-corrected chi connectivity index (χ0v) is 15.0. The molecule has 0 aliphatic carbocycles. The number of primary amides is 1. The van der Waals surface area contributed by atoms with Gasteiger partial charge in [-0.25, -0.2) is 4.79 Å². The molecule has 2 aromatic carbocycles. The van der Waals surface area contributed by atoms with E-state index in [0.717, 1.165) is 5.56 Å². The van der Waals surface area contributed by atoms with Gasteiger partial charge in [-0.2, -0.15) is 0 Å². The van der Waals surface area contributed by atoms with Crippen LogP contribution in [0.15, 0.2) is 72.5 Å². The number of carboxylic acids is 1. The van der Waals surface area contributed by atoms with Crippen LogP contribution in [0.3, 0.4) is 0 Å². The van der Waals surface area contributed by atoms with Crippen LogP contribution in [0.4, 0.5) is 0 Å². The summed E-state index contributed by atoms with van der Waals surface area (Å²) in [5.74, 6) is -1.35. The molecule has 0 spiro atoms. The first kappa shape index (κ1) is 18.5. The molecule has 1 atom stereocenters. The van der Waals surface area contributed by atoms with Crippen molar-refractivity contribution in [1.82, 2.24) is 4.90 Å². The fourth-order valence-corrected chi connectivity index (χ4v) is 2.91. The molecule has 0 radical (unpaired) electrons. The highest BCUT2D eigenvalue weighted by atomic mass is 35.5. The highest BCUT2D eigenvalue weighted by Gasteiger charge is 2.29. The van der Waals surface area contributed by atoms with E-state index in [2.05, 4.69) is 0 Å². The molecular weight excluding hydrogens is 368 g/mol. The maximum Gasteiger partial charge on any atom is 0.337 e. The zero-order valence-electron chi connectivity index (χ0n) is 14.2. The molecular formula is C20H17ClN2O4. The quantitative estimate of drug-likeness (QED) is 0.797. The molecule has 7 heteroatoms. The van der Waals surface area contributed by atoms with Crippen LogP contribution in [0.5, 0.6) is 5.75 Å². The van der Waals surface area contributed by atoms with Crippen LogP contribution in [0.1, 0.15) is 15.9 Å². The number of rotatable bonds is 6. The van der Waals surface area contributed by atoms with Gasteiger partial charge in [0.05, 0.1) is 5.57 Å². The molecule has 0 fully saturated rings. The van der Waals surface area contributed by atoms with Crippen molar-refractivity contribution >= 4 is 23.5 Å². The number of amides is 1. The van der Waals surface area contributed by atoms with Crippen LogP contribution in [-0.4, -0.2) is 28.1 Å². The van der Waals surface area contributed by atoms with Crippen LogP contribution in [-0.2, 0) is 11.3 Å². The third-order valence-electron chi connectivity index (χ3n) is 4.04. The average Bonchev–Trinajstić information content (AvgIpc) is 2.65. The van der Waals surface area contributed by atoms with Gasteiger partial charge in [-0.1, -0.05) is 35.9 Å². The maximum absolute atomic E-state index is 11.7. The monoisotopic (exact) mass is 384 g/mol. The molecule has 3 rings (SSSR count). The highest BCUT2D eigenvalue weighted by Crippen LogP contribution is 2.26. The molecule has 1 aliphatic heterocycles. The summed E-state index contributed by atoms with van der Waals surface area (Å²) in [4.78, 5) is 24.8. The number of nitrogens with two attached hydrogens (primary N) is 1. The summed E-state index contributed by atoms with van der Waals surface area (Å²) < 4.78 is 5.92. The number of carbonyl (C=O) groups excluding carboxylic acids is 1. The Bertz CT molecular complexity index is 939. The van der Waals surface area contributed by atoms with Crippen molar-refractivity contribution in [2.24, 2.45) is 5.73 Å². The van der Waals surface area contributed by atoms with Crippen molar-refractivity contribution in [3.63, 3.8) is 0 Å². The normalized spacial score (nSPS) is 16.0. The van der Waals surface area contributed by atoms with E-state index in [-0.39, 0.29) is 11.1 Å². The Kier molecular flexibility index (Phi) is 5.47. The van der Waals surface area contributed by atoms with E-state index in [1.54, 1.807) is 41.4 Å². The van der Waals surface area contributed by atoms with E-state index in [1.165, 1.54) is 12.1 Å². The topological polar surface area (TPSA) is 92.9 Å². The van der Waals surface area contributed by atoms with Crippen molar-refractivity contribution in [3.8, 4) is 5.75 Å². The summed E-state index contributed by atoms with van der Waals surface area (Å²) in [5, 5.41) is 10.1. The van der Waals surface area contributed by atoms with Crippen molar-refractivity contribution in [3.05, 3.63) is 88.6 Å². The van der Waals surface area contributed by atoms with E-state index in [0.29, 0.717) is 17.3 Å². The fourth-order valence-electron chi connectivity index (χ4n) is 2.71. The Labute approximate surface area is 161 Å². The first-order valence-corrected chi connectivity index (χ1v) is 8.51. The summed E-state index contributed by atoms with van der Waals surface area (Å²) in [6.45, 7) is 0.348. The number of hydrogen-bond acceptors (Lipinski definition) is 4. The van der Waals surface area contributed by atoms with E-state index < -0.39 is 18.1 Å². The van der Waals surface area contributed by atoms with Crippen LogP contribution >= 0.6 is 11.6 Å². The zero-order chi connectivity index (χ0) is 19.4. The van der Waals surface area contributed by atoms with Crippen LogP contribution in [0.25, 0.3) is 0 Å². The van der Waals surface area contributed by atoms with Crippen molar-refractivity contribution in [2.75, 3.05) is 0 Å². The van der Waals surface area contributed by atoms with E-state index in [1.807, 2.05) is 18.2 Å². The Balaban J connectivity index is 1.91. The molecule has 1 unspecified atom stereocenters. The molecule has 0 saturated heterocycles. The van der Waals surface area contributed by atoms with Gasteiger partial charge in [0.2, 0.25) is 12.1 Å². The third-order valence-corrected chi connectivity index (χ3v) is 4.41. The fraction of sp³-hybridized carbons (Fsp3) is 0.100. The SMILES string of the molecule is NC(=O)c1cccc(OC2C(C(=O)O)=CC=CN2Cc2ccccc2Cl)c1. The number of carbonyl (C=O) groups is 2. The Morgan fingerprint density at radius 2 is 1.96 bits per heavy atom. The number of nitrogens with zero attached hydrogens (tertiary/aromatic N) is 1. The Morgan fingerprint density at radius 3 is 2.67 bits per heavy atom. The third kappa shape index (κ3) is 4.30. The molecule has 2 aromatic rings. The maximum atomic E-state index is 11.7. The van der Waals surface area contributed by atoms with Crippen molar-refractivity contribution in [1.29, 1.82) is 0 Å². The molecule has 0 aromatic heterocycles. The second-order valence-electron chi connectivity index (χ2n) is 5.89. The number of benzene rings is 2. The summed E-state index contributed by atoms with van der Waals surface area (Å²) in [6, 6.07) is 13.6. The van der Waals surface area contributed by atoms with Gasteiger partial charge in [0, 0.05) is 23.3 Å². The lowest BCUT2D eigenvalue weighted by Gasteiger charge is -2.33. The van der Waals surface area contributed by atoms with E-state index in [9.17, 15) is 14.7 Å². The second kappa shape index (κ2) is 7.97. The van der Waals surface area contributed by atoms with Crippen LogP contribution < -0.4 is 10.5 Å². The standard InChI is InChI=1S/C20H17ClN2O4/c21-17-9-2-1-5-14(17)12-23-10-4-8-16(20(25)26)19(23)27-15-7-3-6-13(11-15)18(22)24/h1-11,19H,12H2,(H2,22,24)(H,25,26). The average molecular weight is 385 g/mol. The minimum absolute atomic E-state index is 0.0639. The van der Waals surface area contributed by atoms with Crippen molar-refractivity contribution in [2.45, 2.75) is 12.8 Å². The highest BCUT2D eigenvalue weighted by molar-refractivity contribution is 6.31. The predicted octanol–water partition coefficient (Wildman–Crippen LogP) is 3.18. The largest absolute Gasteiger partial charge is 0.478 e. The van der Waals surface area contributed by atoms with Gasteiger partial charge in [-0.05, 0) is 42.0 Å². The minimum Gasteiger partial charge on any atom is -0.478 e. The lowest BCUT2D eigenvalue weighted by Crippen LogP contribution is -2.40. The summed E-state index contributed by atoms with van der Waals surface area (Å²) >= 11 is 6.23.